The van der Waals surface area contributed by atoms with Crippen LogP contribution in [0.25, 0.3) is 0 Å². The Labute approximate surface area is 368 Å². The van der Waals surface area contributed by atoms with Crippen LogP contribution in [0.5, 0.6) is 0 Å². The number of unbranched alkanes of at least 4 members (excludes halogenated alkanes) is 32. The Hall–Kier alpha value is -1.59. The maximum atomic E-state index is 12.8. The van der Waals surface area contributed by atoms with E-state index in [9.17, 15) is 14.4 Å². The largest absolute Gasteiger partial charge is 0.462 e. The third kappa shape index (κ3) is 47.3. The van der Waals surface area contributed by atoms with Gasteiger partial charge in [-0.3, -0.25) is 14.4 Å². The summed E-state index contributed by atoms with van der Waals surface area (Å²) >= 11 is 0. The van der Waals surface area contributed by atoms with Crippen LogP contribution in [0, 0.1) is 11.8 Å². The Kier molecular flexibility index (Phi) is 44.7. The first-order valence-corrected chi connectivity index (χ1v) is 26.2. The lowest BCUT2D eigenvalue weighted by Crippen LogP contribution is -2.30. The molecule has 0 N–H and O–H groups in total. The molecule has 6 heteroatoms. The zero-order valence-electron chi connectivity index (χ0n) is 40.4. The molecule has 0 bridgehead atoms. The summed E-state index contributed by atoms with van der Waals surface area (Å²) in [6.07, 6.45) is 46.6. The van der Waals surface area contributed by atoms with Gasteiger partial charge >= 0.3 is 17.9 Å². The van der Waals surface area contributed by atoms with Gasteiger partial charge in [-0.2, -0.15) is 0 Å². The van der Waals surface area contributed by atoms with E-state index in [1.54, 1.807) is 0 Å². The van der Waals surface area contributed by atoms with Crippen LogP contribution in [0.2, 0.25) is 0 Å². The molecule has 0 aliphatic carbocycles. The van der Waals surface area contributed by atoms with Crippen LogP contribution in [0.3, 0.4) is 0 Å². The summed E-state index contributed by atoms with van der Waals surface area (Å²) in [4.78, 5) is 37.9. The van der Waals surface area contributed by atoms with Crippen LogP contribution >= 0.6 is 0 Å². The van der Waals surface area contributed by atoms with Gasteiger partial charge in [-0.25, -0.2) is 0 Å². The van der Waals surface area contributed by atoms with Gasteiger partial charge in [0.2, 0.25) is 0 Å². The summed E-state index contributed by atoms with van der Waals surface area (Å²) in [5, 5.41) is 0. The molecule has 0 aliphatic rings. The van der Waals surface area contributed by atoms with Crippen molar-refractivity contribution in [1.82, 2.24) is 0 Å². The van der Waals surface area contributed by atoms with Crippen molar-refractivity contribution in [3.05, 3.63) is 0 Å². The van der Waals surface area contributed by atoms with Crippen LogP contribution in [0.4, 0.5) is 0 Å². The molecule has 0 aromatic carbocycles. The topological polar surface area (TPSA) is 78.9 Å². The van der Waals surface area contributed by atoms with Crippen LogP contribution < -0.4 is 0 Å². The lowest BCUT2D eigenvalue weighted by atomic mass is 10.0. The molecule has 0 saturated heterocycles. The van der Waals surface area contributed by atoms with Crippen LogP contribution in [-0.4, -0.2) is 37.2 Å². The van der Waals surface area contributed by atoms with Crippen LogP contribution in [0.1, 0.15) is 291 Å². The molecule has 1 atom stereocenters. The van der Waals surface area contributed by atoms with Gasteiger partial charge in [-0.05, 0) is 31.1 Å². The Balaban J connectivity index is 4.30. The van der Waals surface area contributed by atoms with E-state index in [1.807, 2.05) is 0 Å². The second-order valence-corrected chi connectivity index (χ2v) is 19.1. The molecule has 0 rings (SSSR count). The number of ether oxygens (including phenoxy) is 3. The third-order valence-corrected chi connectivity index (χ3v) is 12.0. The lowest BCUT2D eigenvalue weighted by Gasteiger charge is -2.18. The van der Waals surface area contributed by atoms with Gasteiger partial charge in [-0.1, -0.05) is 253 Å². The quantitative estimate of drug-likeness (QED) is 0.0345. The highest BCUT2D eigenvalue weighted by Crippen LogP contribution is 2.17. The summed E-state index contributed by atoms with van der Waals surface area (Å²) in [6.45, 7) is 11.4. The summed E-state index contributed by atoms with van der Waals surface area (Å²) in [6, 6.07) is 0. The van der Waals surface area contributed by atoms with Gasteiger partial charge in [0.1, 0.15) is 13.2 Å². The van der Waals surface area contributed by atoms with E-state index >= 15 is 0 Å². The van der Waals surface area contributed by atoms with E-state index in [0.717, 1.165) is 69.6 Å². The fourth-order valence-corrected chi connectivity index (χ4v) is 7.99. The van der Waals surface area contributed by atoms with E-state index in [1.165, 1.54) is 180 Å². The molecule has 350 valence electrons. The fourth-order valence-electron chi connectivity index (χ4n) is 7.99. The van der Waals surface area contributed by atoms with E-state index in [-0.39, 0.29) is 31.1 Å². The van der Waals surface area contributed by atoms with Crippen molar-refractivity contribution < 1.29 is 28.6 Å². The van der Waals surface area contributed by atoms with Crippen molar-refractivity contribution in [2.45, 2.75) is 298 Å². The zero-order chi connectivity index (χ0) is 43.3. The minimum atomic E-state index is -0.761. The Morgan fingerprint density at radius 2 is 0.559 bits per heavy atom. The van der Waals surface area contributed by atoms with E-state index in [4.69, 9.17) is 14.2 Å². The summed E-state index contributed by atoms with van der Waals surface area (Å²) in [5.41, 5.74) is 0. The van der Waals surface area contributed by atoms with Crippen molar-refractivity contribution in [3.63, 3.8) is 0 Å². The van der Waals surface area contributed by atoms with Gasteiger partial charge in [0.05, 0.1) is 0 Å². The molecule has 0 aromatic heterocycles. The number of hydrogen-bond donors (Lipinski definition) is 0. The number of carbonyl (C=O) groups excluding carboxylic acids is 3. The van der Waals surface area contributed by atoms with Gasteiger partial charge in [0.15, 0.2) is 6.10 Å². The van der Waals surface area contributed by atoms with E-state index < -0.39 is 6.10 Å². The first kappa shape index (κ1) is 57.4. The summed E-state index contributed by atoms with van der Waals surface area (Å²) in [7, 11) is 0. The van der Waals surface area contributed by atoms with Gasteiger partial charge in [0.25, 0.3) is 0 Å². The molecule has 0 spiro atoms. The zero-order valence-corrected chi connectivity index (χ0v) is 40.4. The SMILES string of the molecule is CCCCCCCCCCCCCCC(=O)OC[C@@H](COC(=O)CCCCCCCCCCCC(C)C)OC(=O)CCCCCCCCCCCCCCCCC(C)C. The molecule has 0 saturated carbocycles. The number of rotatable bonds is 47. The third-order valence-electron chi connectivity index (χ3n) is 12.0. The smallest absolute Gasteiger partial charge is 0.306 e. The van der Waals surface area contributed by atoms with E-state index in [0.29, 0.717) is 19.3 Å². The standard InChI is InChI=1S/C53H102O6/c1-6-7-8-9-10-11-12-18-23-28-33-38-43-51(54)57-46-50(47-58-52(55)44-39-34-29-25-20-22-27-32-37-42-49(4)5)59-53(56)45-40-35-30-24-19-16-14-13-15-17-21-26-31-36-41-48(2)3/h48-50H,6-47H2,1-5H3/t50-/m0/s1. The van der Waals surface area contributed by atoms with Gasteiger partial charge < -0.3 is 14.2 Å². The molecule has 0 aromatic rings. The second kappa shape index (κ2) is 45.9. The molecule has 0 heterocycles. The first-order chi connectivity index (χ1) is 28.7. The molecule has 0 amide bonds. The molecule has 0 unspecified atom stereocenters. The molecular weight excluding hydrogens is 733 g/mol. The predicted molar refractivity (Wildman–Crippen MR) is 252 cm³/mol. The first-order valence-electron chi connectivity index (χ1n) is 26.2. The highest BCUT2D eigenvalue weighted by Gasteiger charge is 2.19. The predicted octanol–water partition coefficient (Wildman–Crippen LogP) is 16.9. The van der Waals surface area contributed by atoms with Crippen molar-refractivity contribution in [1.29, 1.82) is 0 Å². The average Bonchev–Trinajstić information content (AvgIpc) is 3.20. The minimum Gasteiger partial charge on any atom is -0.462 e. The maximum Gasteiger partial charge on any atom is 0.306 e. The molecule has 6 nitrogen and oxygen atoms in total. The number of esters is 3. The Morgan fingerprint density at radius 3 is 0.831 bits per heavy atom. The Morgan fingerprint density at radius 1 is 0.322 bits per heavy atom. The summed E-state index contributed by atoms with van der Waals surface area (Å²) < 4.78 is 16.8. The lowest BCUT2D eigenvalue weighted by molar-refractivity contribution is -0.167. The van der Waals surface area contributed by atoms with Crippen molar-refractivity contribution in [3.8, 4) is 0 Å². The number of carbonyl (C=O) groups is 3. The molecule has 0 fully saturated rings. The maximum absolute atomic E-state index is 12.8. The van der Waals surface area contributed by atoms with Gasteiger partial charge in [0, 0.05) is 19.3 Å². The number of hydrogen-bond acceptors (Lipinski definition) is 6. The van der Waals surface area contributed by atoms with Crippen molar-refractivity contribution in [2.75, 3.05) is 13.2 Å². The highest BCUT2D eigenvalue weighted by molar-refractivity contribution is 5.71. The molecule has 0 radical (unpaired) electrons. The highest BCUT2D eigenvalue weighted by atomic mass is 16.6. The fraction of sp³-hybridized carbons (Fsp3) is 0.943. The monoisotopic (exact) mass is 835 g/mol. The molecule has 59 heavy (non-hydrogen) atoms. The van der Waals surface area contributed by atoms with Crippen molar-refractivity contribution in [2.24, 2.45) is 11.8 Å². The van der Waals surface area contributed by atoms with Crippen LogP contribution in [-0.2, 0) is 28.6 Å². The average molecular weight is 835 g/mol. The molecular formula is C53H102O6. The van der Waals surface area contributed by atoms with Crippen molar-refractivity contribution >= 4 is 17.9 Å². The summed E-state index contributed by atoms with van der Waals surface area (Å²) in [5.74, 6) is 0.804. The second-order valence-electron chi connectivity index (χ2n) is 19.1. The van der Waals surface area contributed by atoms with E-state index in [2.05, 4.69) is 34.6 Å². The molecule has 0 aliphatic heterocycles. The van der Waals surface area contributed by atoms with Gasteiger partial charge in [-0.15, -0.1) is 0 Å². The van der Waals surface area contributed by atoms with Crippen LogP contribution in [0.15, 0.2) is 0 Å². The minimum absolute atomic E-state index is 0.0636. The normalized spacial score (nSPS) is 12.1. The Bertz CT molecular complexity index is 900.